The topological polar surface area (TPSA) is 92.8 Å². The minimum Gasteiger partial charge on any atom is -0.465 e. The number of anilines is 2. The fourth-order valence-corrected chi connectivity index (χ4v) is 4.06. The number of benzene rings is 2. The highest BCUT2D eigenvalue weighted by Crippen LogP contribution is 2.24. The van der Waals surface area contributed by atoms with Crippen LogP contribution in [0.2, 0.25) is 0 Å². The smallest absolute Gasteiger partial charge is 0.339 e. The molecule has 0 bridgehead atoms. The summed E-state index contributed by atoms with van der Waals surface area (Å²) >= 11 is 0. The van der Waals surface area contributed by atoms with Crippen LogP contribution in [0.4, 0.5) is 11.4 Å². The van der Waals surface area contributed by atoms with Gasteiger partial charge in [-0.2, -0.15) is 0 Å². The van der Waals surface area contributed by atoms with Crippen molar-refractivity contribution >= 4 is 33.3 Å². The first-order valence-corrected chi connectivity index (χ1v) is 10.6. The third-order valence-electron chi connectivity index (χ3n) is 4.21. The second kappa shape index (κ2) is 8.88. The zero-order chi connectivity index (χ0) is 20.9. The summed E-state index contributed by atoms with van der Waals surface area (Å²) in [7, 11) is -2.48. The Morgan fingerprint density at radius 1 is 1.11 bits per heavy atom. The predicted molar refractivity (Wildman–Crippen MR) is 109 cm³/mol. The Bertz CT molecular complexity index is 955. The minimum absolute atomic E-state index is 0.189. The van der Waals surface area contributed by atoms with Crippen LogP contribution >= 0.6 is 0 Å². The molecule has 7 nitrogen and oxygen atoms in total. The molecule has 1 amide bonds. The molecule has 1 atom stereocenters. The summed E-state index contributed by atoms with van der Waals surface area (Å²) in [6.07, 6.45) is 1.30. The fraction of sp³-hybridized carbons (Fsp3) is 0.300. The number of aryl methyl sites for hydroxylation is 1. The number of ether oxygens (including phenoxy) is 1. The van der Waals surface area contributed by atoms with Gasteiger partial charge in [0.25, 0.3) is 0 Å². The number of carbonyl (C=O) groups is 2. The van der Waals surface area contributed by atoms with Crippen molar-refractivity contribution < 1.29 is 22.7 Å². The summed E-state index contributed by atoms with van der Waals surface area (Å²) in [5, 5.41) is 2.66. The lowest BCUT2D eigenvalue weighted by atomic mass is 10.1. The summed E-state index contributed by atoms with van der Waals surface area (Å²) in [4.78, 5) is 24.9. The lowest BCUT2D eigenvalue weighted by Gasteiger charge is -2.30. The Kier molecular flexibility index (Phi) is 6.80. The molecule has 2 aromatic carbocycles. The molecule has 0 unspecified atom stereocenters. The molecule has 0 radical (unpaired) electrons. The van der Waals surface area contributed by atoms with E-state index in [9.17, 15) is 18.0 Å². The lowest BCUT2D eigenvalue weighted by molar-refractivity contribution is -0.117. The predicted octanol–water partition coefficient (Wildman–Crippen LogP) is 2.96. The van der Waals surface area contributed by atoms with Crippen molar-refractivity contribution in [2.75, 3.05) is 23.0 Å². The molecule has 0 aliphatic rings. The normalized spacial score (nSPS) is 12.1. The van der Waals surface area contributed by atoms with E-state index in [0.29, 0.717) is 5.69 Å². The van der Waals surface area contributed by atoms with Crippen LogP contribution in [0.1, 0.15) is 29.3 Å². The van der Waals surface area contributed by atoms with Gasteiger partial charge >= 0.3 is 5.97 Å². The highest BCUT2D eigenvalue weighted by atomic mass is 32.2. The van der Waals surface area contributed by atoms with Gasteiger partial charge in [-0.1, -0.05) is 36.8 Å². The molecule has 150 valence electrons. The maximum Gasteiger partial charge on any atom is 0.339 e. The number of esters is 1. The van der Waals surface area contributed by atoms with Crippen LogP contribution in [0.5, 0.6) is 0 Å². The number of amides is 1. The van der Waals surface area contributed by atoms with Gasteiger partial charge in [0.05, 0.1) is 30.3 Å². The molecule has 0 heterocycles. The van der Waals surface area contributed by atoms with Crippen LogP contribution in [0.15, 0.2) is 48.5 Å². The van der Waals surface area contributed by atoms with E-state index in [4.69, 9.17) is 4.74 Å². The molecule has 8 heteroatoms. The average Bonchev–Trinajstić information content (AvgIpc) is 2.65. The van der Waals surface area contributed by atoms with Crippen molar-refractivity contribution in [3.63, 3.8) is 0 Å². The van der Waals surface area contributed by atoms with Gasteiger partial charge in [0.1, 0.15) is 6.04 Å². The highest BCUT2D eigenvalue weighted by molar-refractivity contribution is 7.92. The van der Waals surface area contributed by atoms with Gasteiger partial charge in [-0.25, -0.2) is 13.2 Å². The van der Waals surface area contributed by atoms with E-state index in [0.717, 1.165) is 16.1 Å². The lowest BCUT2D eigenvalue weighted by Crippen LogP contribution is -2.47. The summed E-state index contributed by atoms with van der Waals surface area (Å²) in [6.45, 7) is 3.62. The van der Waals surface area contributed by atoms with Crippen molar-refractivity contribution in [3.8, 4) is 0 Å². The number of methoxy groups -OCH3 is 1. The maximum atomic E-state index is 13.0. The van der Waals surface area contributed by atoms with Crippen LogP contribution in [0, 0.1) is 6.92 Å². The first-order valence-electron chi connectivity index (χ1n) is 8.73. The van der Waals surface area contributed by atoms with Gasteiger partial charge in [-0.05, 0) is 37.6 Å². The molecule has 0 fully saturated rings. The summed E-state index contributed by atoms with van der Waals surface area (Å²) < 4.78 is 30.8. The van der Waals surface area contributed by atoms with Crippen molar-refractivity contribution in [2.45, 2.75) is 26.3 Å². The number of rotatable bonds is 7. The highest BCUT2D eigenvalue weighted by Gasteiger charge is 2.32. The molecule has 2 aromatic rings. The maximum absolute atomic E-state index is 13.0. The molecule has 0 aliphatic heterocycles. The molecule has 0 spiro atoms. The Morgan fingerprint density at radius 2 is 1.71 bits per heavy atom. The van der Waals surface area contributed by atoms with Crippen molar-refractivity contribution in [2.24, 2.45) is 0 Å². The number of nitrogens with one attached hydrogen (secondary N) is 1. The number of carbonyl (C=O) groups excluding carboxylic acids is 2. The van der Waals surface area contributed by atoms with Gasteiger partial charge in [0.15, 0.2) is 0 Å². The van der Waals surface area contributed by atoms with Gasteiger partial charge in [0.2, 0.25) is 15.9 Å². The van der Waals surface area contributed by atoms with E-state index in [-0.39, 0.29) is 17.7 Å². The van der Waals surface area contributed by atoms with Crippen molar-refractivity contribution in [1.82, 2.24) is 0 Å². The summed E-state index contributed by atoms with van der Waals surface area (Å²) in [6, 6.07) is 12.3. The fourth-order valence-electron chi connectivity index (χ4n) is 2.85. The summed E-state index contributed by atoms with van der Waals surface area (Å²) in [5.74, 6) is -1.13. The number of nitrogens with zero attached hydrogens (tertiary/aromatic N) is 1. The third kappa shape index (κ3) is 4.89. The molecule has 28 heavy (non-hydrogen) atoms. The molecular formula is C20H24N2O5S. The average molecular weight is 404 g/mol. The SMILES string of the molecule is CC[C@@H](C(=O)Nc1ccccc1C(=O)OC)N(c1ccc(C)cc1)S(C)(=O)=O. The molecule has 0 saturated heterocycles. The zero-order valence-corrected chi connectivity index (χ0v) is 17.1. The second-order valence-corrected chi connectivity index (χ2v) is 8.20. The molecule has 0 saturated carbocycles. The van der Waals surface area contributed by atoms with E-state index < -0.39 is 27.9 Å². The Balaban J connectivity index is 2.41. The molecular weight excluding hydrogens is 380 g/mol. The van der Waals surface area contributed by atoms with Gasteiger partial charge < -0.3 is 10.1 Å². The van der Waals surface area contributed by atoms with Crippen LogP contribution in [-0.4, -0.2) is 39.7 Å². The number of sulfonamides is 1. The van der Waals surface area contributed by atoms with Gasteiger partial charge in [-0.3, -0.25) is 9.10 Å². The van der Waals surface area contributed by atoms with Crippen LogP contribution in [0.3, 0.4) is 0 Å². The van der Waals surface area contributed by atoms with Crippen LogP contribution in [0.25, 0.3) is 0 Å². The molecule has 2 rings (SSSR count). The number of hydrogen-bond donors (Lipinski definition) is 1. The molecule has 1 N–H and O–H groups in total. The molecule has 0 aliphatic carbocycles. The van der Waals surface area contributed by atoms with Gasteiger partial charge in [-0.15, -0.1) is 0 Å². The first-order chi connectivity index (χ1) is 13.2. The summed E-state index contributed by atoms with van der Waals surface area (Å²) in [5.41, 5.74) is 1.82. The number of para-hydroxylation sites is 1. The van der Waals surface area contributed by atoms with Crippen LogP contribution in [-0.2, 0) is 19.6 Å². The van der Waals surface area contributed by atoms with E-state index in [2.05, 4.69) is 5.32 Å². The zero-order valence-electron chi connectivity index (χ0n) is 16.3. The van der Waals surface area contributed by atoms with E-state index in [1.807, 2.05) is 6.92 Å². The Morgan fingerprint density at radius 3 is 2.25 bits per heavy atom. The second-order valence-electron chi connectivity index (χ2n) is 6.34. The van der Waals surface area contributed by atoms with E-state index in [1.54, 1.807) is 49.4 Å². The monoisotopic (exact) mass is 404 g/mol. The van der Waals surface area contributed by atoms with Crippen molar-refractivity contribution in [1.29, 1.82) is 0 Å². The van der Waals surface area contributed by atoms with E-state index >= 15 is 0 Å². The number of hydrogen-bond acceptors (Lipinski definition) is 5. The van der Waals surface area contributed by atoms with Gasteiger partial charge in [0, 0.05) is 0 Å². The Hall–Kier alpha value is -2.87. The largest absolute Gasteiger partial charge is 0.465 e. The minimum atomic E-state index is -3.73. The van der Waals surface area contributed by atoms with E-state index in [1.165, 1.54) is 13.2 Å². The first kappa shape index (κ1) is 21.4. The van der Waals surface area contributed by atoms with Crippen LogP contribution < -0.4 is 9.62 Å². The Labute approximate surface area is 165 Å². The quantitative estimate of drug-likeness (QED) is 0.716. The van der Waals surface area contributed by atoms with Crippen molar-refractivity contribution in [3.05, 3.63) is 59.7 Å². The molecule has 0 aromatic heterocycles. The third-order valence-corrected chi connectivity index (χ3v) is 5.39. The standard InChI is InChI=1S/C20H24N2O5S/c1-5-18(22(28(4,25)26)15-12-10-14(2)11-13-15)19(23)21-17-9-7-6-8-16(17)20(24)27-3/h6-13,18H,5H2,1-4H3,(H,21,23)/t18-/m0/s1.